The largest absolute Gasteiger partial charge is 0.345 e. The van der Waals surface area contributed by atoms with Crippen molar-refractivity contribution in [1.29, 1.82) is 0 Å². The van der Waals surface area contributed by atoms with E-state index in [9.17, 15) is 10.1 Å². The molecule has 2 aromatic rings. The van der Waals surface area contributed by atoms with Gasteiger partial charge in [0, 0.05) is 35.4 Å². The summed E-state index contributed by atoms with van der Waals surface area (Å²) in [6.45, 7) is 0. The van der Waals surface area contributed by atoms with Crippen molar-refractivity contribution in [3.63, 3.8) is 0 Å². The molecule has 0 bridgehead atoms. The van der Waals surface area contributed by atoms with E-state index in [2.05, 4.69) is 25.9 Å². The Morgan fingerprint density at radius 1 is 1.50 bits per heavy atom. The van der Waals surface area contributed by atoms with Crippen LogP contribution in [0.4, 0.5) is 5.69 Å². The Hall–Kier alpha value is -1.69. The van der Waals surface area contributed by atoms with E-state index in [0.29, 0.717) is 11.2 Å². The number of halogens is 1. The molecule has 5 nitrogen and oxygen atoms in total. The van der Waals surface area contributed by atoms with Crippen molar-refractivity contribution >= 4 is 21.6 Å². The molecule has 2 rings (SSSR count). The molecule has 0 amide bonds. The molecule has 0 fully saturated rings. The summed E-state index contributed by atoms with van der Waals surface area (Å²) in [7, 11) is 0. The predicted octanol–water partition coefficient (Wildman–Crippen LogP) is 2.88. The van der Waals surface area contributed by atoms with Gasteiger partial charge in [-0.3, -0.25) is 10.1 Å². The SMILES string of the molecule is O=[N+]([O-])c1ccc(CBr)c(-c2ncc[nH]2)c1. The van der Waals surface area contributed by atoms with Crippen molar-refractivity contribution in [2.75, 3.05) is 0 Å². The number of nitrogens with zero attached hydrogens (tertiary/aromatic N) is 2. The fourth-order valence-electron chi connectivity index (χ4n) is 1.43. The van der Waals surface area contributed by atoms with Crippen LogP contribution in [0.2, 0.25) is 0 Å². The van der Waals surface area contributed by atoms with Gasteiger partial charge < -0.3 is 4.98 Å². The zero-order chi connectivity index (χ0) is 11.5. The van der Waals surface area contributed by atoms with Crippen molar-refractivity contribution in [2.45, 2.75) is 5.33 Å². The summed E-state index contributed by atoms with van der Waals surface area (Å²) in [6.07, 6.45) is 3.30. The number of nitro benzene ring substituents is 1. The quantitative estimate of drug-likeness (QED) is 0.534. The van der Waals surface area contributed by atoms with E-state index >= 15 is 0 Å². The van der Waals surface area contributed by atoms with Gasteiger partial charge in [0.05, 0.1) is 4.92 Å². The number of nitro groups is 1. The molecule has 0 radical (unpaired) electrons. The van der Waals surface area contributed by atoms with E-state index < -0.39 is 4.92 Å². The highest BCUT2D eigenvalue weighted by Crippen LogP contribution is 2.26. The molecule has 1 aromatic heterocycles. The number of hydrogen-bond donors (Lipinski definition) is 1. The zero-order valence-electron chi connectivity index (χ0n) is 8.18. The second kappa shape index (κ2) is 4.44. The molecule has 0 aliphatic heterocycles. The Kier molecular flexibility index (Phi) is 3.00. The van der Waals surface area contributed by atoms with E-state index in [0.717, 1.165) is 11.1 Å². The molecular weight excluding hydrogens is 274 g/mol. The number of non-ortho nitro benzene ring substituents is 1. The summed E-state index contributed by atoms with van der Waals surface area (Å²) in [5.74, 6) is 0.637. The maximum absolute atomic E-state index is 10.7. The molecular formula is C10H8BrN3O2. The lowest BCUT2D eigenvalue weighted by atomic mass is 10.1. The first kappa shape index (κ1) is 10.8. The third-order valence-corrected chi connectivity index (χ3v) is 2.81. The van der Waals surface area contributed by atoms with Crippen molar-refractivity contribution in [3.05, 3.63) is 46.3 Å². The normalized spacial score (nSPS) is 10.3. The van der Waals surface area contributed by atoms with Gasteiger partial charge in [-0.1, -0.05) is 22.0 Å². The number of alkyl halides is 1. The van der Waals surface area contributed by atoms with Gasteiger partial charge in [0.2, 0.25) is 0 Å². The van der Waals surface area contributed by atoms with Crippen molar-refractivity contribution in [3.8, 4) is 11.4 Å². The summed E-state index contributed by atoms with van der Waals surface area (Å²) >= 11 is 3.34. The molecule has 0 aliphatic rings. The second-order valence-corrected chi connectivity index (χ2v) is 3.73. The number of nitrogens with one attached hydrogen (secondary N) is 1. The van der Waals surface area contributed by atoms with E-state index in [4.69, 9.17) is 0 Å². The molecule has 0 unspecified atom stereocenters. The minimum atomic E-state index is -0.412. The first-order valence-electron chi connectivity index (χ1n) is 4.55. The molecule has 6 heteroatoms. The third kappa shape index (κ3) is 1.96. The van der Waals surface area contributed by atoms with Crippen LogP contribution in [0.5, 0.6) is 0 Å². The van der Waals surface area contributed by atoms with Gasteiger partial charge in [-0.2, -0.15) is 0 Å². The van der Waals surface area contributed by atoms with Gasteiger partial charge in [-0.05, 0) is 5.56 Å². The molecule has 82 valence electrons. The summed E-state index contributed by atoms with van der Waals surface area (Å²) in [5.41, 5.74) is 1.77. The van der Waals surface area contributed by atoms with Crippen molar-refractivity contribution in [1.82, 2.24) is 9.97 Å². The molecule has 0 aliphatic carbocycles. The number of imidazole rings is 1. The summed E-state index contributed by atoms with van der Waals surface area (Å²) in [5, 5.41) is 11.3. The Morgan fingerprint density at radius 3 is 2.88 bits per heavy atom. The molecule has 1 aromatic carbocycles. The topological polar surface area (TPSA) is 71.8 Å². The highest BCUT2D eigenvalue weighted by molar-refractivity contribution is 9.08. The van der Waals surface area contributed by atoms with Gasteiger partial charge in [0.25, 0.3) is 5.69 Å². The Morgan fingerprint density at radius 2 is 2.31 bits per heavy atom. The predicted molar refractivity (Wildman–Crippen MR) is 63.3 cm³/mol. The average Bonchev–Trinajstić information content (AvgIpc) is 2.81. The average molecular weight is 282 g/mol. The maximum atomic E-state index is 10.7. The summed E-state index contributed by atoms with van der Waals surface area (Å²) < 4.78 is 0. The van der Waals surface area contributed by atoms with Crippen LogP contribution in [0.1, 0.15) is 5.56 Å². The molecule has 0 atom stereocenters. The second-order valence-electron chi connectivity index (χ2n) is 3.17. The molecule has 0 saturated heterocycles. The molecule has 1 N–H and O–H groups in total. The number of hydrogen-bond acceptors (Lipinski definition) is 3. The van der Waals surface area contributed by atoms with Gasteiger partial charge in [0.15, 0.2) is 0 Å². The van der Waals surface area contributed by atoms with Crippen LogP contribution in [-0.2, 0) is 5.33 Å². The minimum absolute atomic E-state index is 0.0658. The van der Waals surface area contributed by atoms with Crippen LogP contribution >= 0.6 is 15.9 Å². The maximum Gasteiger partial charge on any atom is 0.270 e. The summed E-state index contributed by atoms with van der Waals surface area (Å²) in [4.78, 5) is 17.3. The summed E-state index contributed by atoms with van der Waals surface area (Å²) in [6, 6.07) is 4.74. The monoisotopic (exact) mass is 281 g/mol. The Labute approximate surface area is 99.8 Å². The van der Waals surface area contributed by atoms with Crippen LogP contribution < -0.4 is 0 Å². The van der Waals surface area contributed by atoms with Crippen LogP contribution in [0.15, 0.2) is 30.6 Å². The lowest BCUT2D eigenvalue weighted by Gasteiger charge is -2.03. The Balaban J connectivity index is 2.56. The van der Waals surface area contributed by atoms with Crippen LogP contribution in [0, 0.1) is 10.1 Å². The van der Waals surface area contributed by atoms with E-state index in [1.807, 2.05) is 0 Å². The standard InChI is InChI=1S/C10H8BrN3O2/c11-6-7-1-2-8(14(15)16)5-9(7)10-12-3-4-13-10/h1-5H,6H2,(H,12,13). The van der Waals surface area contributed by atoms with E-state index in [-0.39, 0.29) is 5.69 Å². The lowest BCUT2D eigenvalue weighted by Crippen LogP contribution is -1.93. The Bertz CT molecular complexity index is 511. The first-order valence-corrected chi connectivity index (χ1v) is 5.67. The van der Waals surface area contributed by atoms with Gasteiger partial charge in [0.1, 0.15) is 5.82 Å². The fourth-order valence-corrected chi connectivity index (χ4v) is 1.92. The van der Waals surface area contributed by atoms with Gasteiger partial charge in [-0.15, -0.1) is 0 Å². The van der Waals surface area contributed by atoms with Gasteiger partial charge >= 0.3 is 0 Å². The molecule has 16 heavy (non-hydrogen) atoms. The van der Waals surface area contributed by atoms with E-state index in [1.165, 1.54) is 12.1 Å². The highest BCUT2D eigenvalue weighted by atomic mass is 79.9. The van der Waals surface area contributed by atoms with Crippen molar-refractivity contribution < 1.29 is 4.92 Å². The third-order valence-electron chi connectivity index (χ3n) is 2.20. The zero-order valence-corrected chi connectivity index (χ0v) is 9.77. The van der Waals surface area contributed by atoms with Crippen molar-refractivity contribution in [2.24, 2.45) is 0 Å². The number of aromatic nitrogens is 2. The van der Waals surface area contributed by atoms with Crippen LogP contribution in [-0.4, -0.2) is 14.9 Å². The number of benzene rings is 1. The lowest BCUT2D eigenvalue weighted by molar-refractivity contribution is -0.384. The van der Waals surface area contributed by atoms with Gasteiger partial charge in [-0.25, -0.2) is 4.98 Å². The molecule has 1 heterocycles. The number of aromatic amines is 1. The number of rotatable bonds is 3. The number of H-pyrrole nitrogens is 1. The molecule has 0 spiro atoms. The smallest absolute Gasteiger partial charge is 0.270 e. The molecule has 0 saturated carbocycles. The highest BCUT2D eigenvalue weighted by Gasteiger charge is 2.12. The first-order chi connectivity index (χ1) is 7.72. The van der Waals surface area contributed by atoms with Crippen LogP contribution in [0.3, 0.4) is 0 Å². The van der Waals surface area contributed by atoms with Crippen LogP contribution in [0.25, 0.3) is 11.4 Å². The fraction of sp³-hybridized carbons (Fsp3) is 0.100. The minimum Gasteiger partial charge on any atom is -0.345 e. The van der Waals surface area contributed by atoms with E-state index in [1.54, 1.807) is 18.5 Å².